The molecule has 3 fully saturated rings. The maximum absolute atomic E-state index is 12.5. The summed E-state index contributed by atoms with van der Waals surface area (Å²) in [6, 6.07) is 5.49. The Balaban J connectivity index is 1.48. The van der Waals surface area contributed by atoms with E-state index in [-0.39, 0.29) is 11.8 Å². The number of ether oxygens (including phenoxy) is 2. The summed E-state index contributed by atoms with van der Waals surface area (Å²) < 4.78 is 10.5. The molecule has 0 aliphatic heterocycles. The van der Waals surface area contributed by atoms with Crippen LogP contribution in [-0.2, 0) is 4.79 Å². The number of rotatable bonds is 4. The van der Waals surface area contributed by atoms with Gasteiger partial charge in [0.05, 0.1) is 19.9 Å². The highest BCUT2D eigenvalue weighted by molar-refractivity contribution is 5.96. The number of carbonyl (C=O) groups is 1. The number of anilines is 1. The zero-order valence-electron chi connectivity index (χ0n) is 12.5. The molecule has 1 N–H and O–H groups in total. The van der Waals surface area contributed by atoms with Gasteiger partial charge in [-0.1, -0.05) is 0 Å². The Hall–Kier alpha value is -1.71. The second-order valence-corrected chi connectivity index (χ2v) is 6.57. The molecule has 0 saturated heterocycles. The monoisotopic (exact) mass is 287 g/mol. The molecule has 1 amide bonds. The number of hydrogen-bond donors (Lipinski definition) is 1. The van der Waals surface area contributed by atoms with E-state index in [0.717, 1.165) is 23.3 Å². The highest BCUT2D eigenvalue weighted by Gasteiger charge is 2.67. The zero-order chi connectivity index (χ0) is 14.6. The summed E-state index contributed by atoms with van der Waals surface area (Å²) in [5.41, 5.74) is 0.737. The fraction of sp³-hybridized carbons (Fsp3) is 0.588. The first-order valence-corrected chi connectivity index (χ1v) is 7.76. The van der Waals surface area contributed by atoms with Crippen molar-refractivity contribution in [2.24, 2.45) is 29.6 Å². The molecule has 0 heterocycles. The number of hydrogen-bond acceptors (Lipinski definition) is 3. The molecular formula is C17H21NO3. The van der Waals surface area contributed by atoms with Gasteiger partial charge in [0.25, 0.3) is 0 Å². The standard InChI is InChI=1S/C17H21NO3/c1-20-11-5-6-12(13(8-11)21-2)18-17(19)16-14-9-3-4-10(7-9)15(14)16/h5-6,8-10,14-16H,3-4,7H2,1-2H3,(H,18,19)/t9-,10+,14+,15-,16?. The van der Waals surface area contributed by atoms with Crippen molar-refractivity contribution >= 4 is 11.6 Å². The van der Waals surface area contributed by atoms with Crippen LogP contribution in [0.3, 0.4) is 0 Å². The Labute approximate surface area is 124 Å². The third-order valence-electron chi connectivity index (χ3n) is 5.70. The molecule has 4 nitrogen and oxygen atoms in total. The molecule has 1 aromatic carbocycles. The summed E-state index contributed by atoms with van der Waals surface area (Å²) in [5, 5.41) is 3.05. The number of nitrogens with one attached hydrogen (secondary N) is 1. The largest absolute Gasteiger partial charge is 0.497 e. The van der Waals surface area contributed by atoms with Gasteiger partial charge in [-0.05, 0) is 55.1 Å². The number of fused-ring (bicyclic) bond motifs is 5. The van der Waals surface area contributed by atoms with Crippen LogP contribution in [0.4, 0.5) is 5.69 Å². The number of carbonyl (C=O) groups excluding carboxylic acids is 1. The van der Waals surface area contributed by atoms with Gasteiger partial charge < -0.3 is 14.8 Å². The first-order valence-electron chi connectivity index (χ1n) is 7.76. The molecule has 112 valence electrons. The average molecular weight is 287 g/mol. The lowest BCUT2D eigenvalue weighted by molar-refractivity contribution is -0.118. The minimum Gasteiger partial charge on any atom is -0.497 e. The first-order chi connectivity index (χ1) is 10.2. The molecule has 0 radical (unpaired) electrons. The summed E-state index contributed by atoms with van der Waals surface area (Å²) >= 11 is 0. The molecule has 5 atom stereocenters. The van der Waals surface area contributed by atoms with Gasteiger partial charge in [0.1, 0.15) is 11.5 Å². The Morgan fingerprint density at radius 1 is 1.14 bits per heavy atom. The van der Waals surface area contributed by atoms with E-state index < -0.39 is 0 Å². The highest BCUT2D eigenvalue weighted by atomic mass is 16.5. The van der Waals surface area contributed by atoms with Crippen molar-refractivity contribution in [3.8, 4) is 11.5 Å². The maximum Gasteiger partial charge on any atom is 0.228 e. The fourth-order valence-electron chi connectivity index (χ4n) is 4.79. The summed E-state index contributed by atoms with van der Waals surface area (Å²) in [5.74, 6) is 4.74. The topological polar surface area (TPSA) is 47.6 Å². The van der Waals surface area contributed by atoms with Crippen molar-refractivity contribution in [2.75, 3.05) is 19.5 Å². The molecule has 1 unspecified atom stereocenters. The second-order valence-electron chi connectivity index (χ2n) is 6.57. The van der Waals surface area contributed by atoms with Gasteiger partial charge in [-0.25, -0.2) is 0 Å². The molecule has 2 bridgehead atoms. The number of benzene rings is 1. The van der Waals surface area contributed by atoms with Crippen molar-refractivity contribution in [1.82, 2.24) is 0 Å². The number of methoxy groups -OCH3 is 2. The minimum atomic E-state index is 0.171. The summed E-state index contributed by atoms with van der Waals surface area (Å²) in [6.45, 7) is 0. The van der Waals surface area contributed by atoms with E-state index in [4.69, 9.17) is 9.47 Å². The predicted octanol–water partition coefficient (Wildman–Crippen LogP) is 2.93. The molecule has 3 aliphatic rings. The van der Waals surface area contributed by atoms with Gasteiger partial charge in [0, 0.05) is 12.0 Å². The molecule has 0 spiro atoms. The molecule has 21 heavy (non-hydrogen) atoms. The average Bonchev–Trinajstić information content (AvgIpc) is 2.96. The molecule has 1 aromatic rings. The van der Waals surface area contributed by atoms with E-state index in [0.29, 0.717) is 17.6 Å². The Morgan fingerprint density at radius 2 is 1.86 bits per heavy atom. The van der Waals surface area contributed by atoms with E-state index in [1.807, 2.05) is 12.1 Å². The zero-order valence-corrected chi connectivity index (χ0v) is 12.5. The van der Waals surface area contributed by atoms with E-state index in [9.17, 15) is 4.79 Å². The van der Waals surface area contributed by atoms with Crippen LogP contribution in [0.25, 0.3) is 0 Å². The Morgan fingerprint density at radius 3 is 2.48 bits per heavy atom. The van der Waals surface area contributed by atoms with Crippen LogP contribution < -0.4 is 14.8 Å². The smallest absolute Gasteiger partial charge is 0.228 e. The van der Waals surface area contributed by atoms with E-state index in [2.05, 4.69) is 5.32 Å². The van der Waals surface area contributed by atoms with Crippen LogP contribution in [0.2, 0.25) is 0 Å². The molecular weight excluding hydrogens is 266 g/mol. The maximum atomic E-state index is 12.5. The molecule has 4 heteroatoms. The van der Waals surface area contributed by atoms with Gasteiger partial charge in [0.2, 0.25) is 5.91 Å². The summed E-state index contributed by atoms with van der Waals surface area (Å²) in [4.78, 5) is 12.5. The van der Waals surface area contributed by atoms with Crippen LogP contribution in [-0.4, -0.2) is 20.1 Å². The van der Waals surface area contributed by atoms with Crippen LogP contribution in [0.15, 0.2) is 18.2 Å². The van der Waals surface area contributed by atoms with E-state index in [1.54, 1.807) is 20.3 Å². The summed E-state index contributed by atoms with van der Waals surface area (Å²) in [7, 11) is 3.23. The number of amides is 1. The lowest BCUT2D eigenvalue weighted by Gasteiger charge is -2.13. The molecule has 4 rings (SSSR count). The van der Waals surface area contributed by atoms with Crippen molar-refractivity contribution in [3.63, 3.8) is 0 Å². The van der Waals surface area contributed by atoms with E-state index in [1.165, 1.54) is 19.3 Å². The Kier molecular flexibility index (Phi) is 2.88. The van der Waals surface area contributed by atoms with Crippen molar-refractivity contribution in [1.29, 1.82) is 0 Å². The second kappa shape index (κ2) is 4.65. The molecule has 0 aromatic heterocycles. The fourth-order valence-corrected chi connectivity index (χ4v) is 4.79. The third kappa shape index (κ3) is 1.92. The van der Waals surface area contributed by atoms with Crippen LogP contribution >= 0.6 is 0 Å². The van der Waals surface area contributed by atoms with Gasteiger partial charge >= 0.3 is 0 Å². The normalized spacial score (nSPS) is 35.2. The van der Waals surface area contributed by atoms with Crippen LogP contribution in [0.5, 0.6) is 11.5 Å². The molecule has 3 aliphatic carbocycles. The third-order valence-corrected chi connectivity index (χ3v) is 5.70. The van der Waals surface area contributed by atoms with Gasteiger partial charge in [-0.3, -0.25) is 4.79 Å². The first kappa shape index (κ1) is 13.0. The minimum absolute atomic E-state index is 0.171. The lowest BCUT2D eigenvalue weighted by Crippen LogP contribution is -2.19. The van der Waals surface area contributed by atoms with Crippen molar-refractivity contribution in [2.45, 2.75) is 19.3 Å². The van der Waals surface area contributed by atoms with E-state index >= 15 is 0 Å². The quantitative estimate of drug-likeness (QED) is 0.926. The van der Waals surface area contributed by atoms with Crippen LogP contribution in [0.1, 0.15) is 19.3 Å². The predicted molar refractivity (Wildman–Crippen MR) is 79.5 cm³/mol. The Bertz CT molecular complexity index is 569. The van der Waals surface area contributed by atoms with Crippen LogP contribution in [0, 0.1) is 29.6 Å². The van der Waals surface area contributed by atoms with Gasteiger partial charge in [-0.15, -0.1) is 0 Å². The highest BCUT2D eigenvalue weighted by Crippen LogP contribution is 2.69. The van der Waals surface area contributed by atoms with Gasteiger partial charge in [-0.2, -0.15) is 0 Å². The van der Waals surface area contributed by atoms with Crippen molar-refractivity contribution in [3.05, 3.63) is 18.2 Å². The molecule has 3 saturated carbocycles. The lowest BCUT2D eigenvalue weighted by atomic mass is 10.0. The summed E-state index contributed by atoms with van der Waals surface area (Å²) in [6.07, 6.45) is 4.04. The van der Waals surface area contributed by atoms with Crippen molar-refractivity contribution < 1.29 is 14.3 Å². The van der Waals surface area contributed by atoms with Gasteiger partial charge in [0.15, 0.2) is 0 Å². The SMILES string of the molecule is COc1ccc(NC(=O)C2[C@@H]3[C@H]4CC[C@H](C4)[C@H]23)c(OC)c1.